The molecule has 14 heteroatoms. The topological polar surface area (TPSA) is 144 Å². The zero-order valence-corrected chi connectivity index (χ0v) is 20.2. The standard InChI is InChI=1S/C21H27F2N4O7P/c1-13(2)32-18(28)14(3)26-35(30,34-15-7-5-4-6-8-15)31-12-16-11-21(22,23)19(33-16)27-10-9-17(24)25-20(27)29/h4-10,13-14,16,19H,11-12H2,1-3H3,(H,26,30)(H2,24,25,29). The van der Waals surface area contributed by atoms with E-state index < -0.39 is 62.8 Å². The number of para-hydroxylation sites is 1. The third-order valence-electron chi connectivity index (χ3n) is 4.74. The molecule has 1 aromatic heterocycles. The number of nitrogens with two attached hydrogens (primary N) is 1. The molecule has 1 aliphatic heterocycles. The number of aromatic nitrogens is 2. The first kappa shape index (κ1) is 26.7. The van der Waals surface area contributed by atoms with Crippen LogP contribution in [0.1, 0.15) is 33.4 Å². The normalized spacial score (nSPS) is 21.9. The lowest BCUT2D eigenvalue weighted by Crippen LogP contribution is -2.36. The van der Waals surface area contributed by atoms with Gasteiger partial charge < -0.3 is 19.7 Å². The molecule has 35 heavy (non-hydrogen) atoms. The number of halogens is 2. The number of nitrogens with zero attached hydrogens (tertiary/aromatic N) is 2. The van der Waals surface area contributed by atoms with Crippen molar-refractivity contribution in [2.45, 2.75) is 57.6 Å². The van der Waals surface area contributed by atoms with Gasteiger partial charge in [0.15, 0.2) is 0 Å². The fourth-order valence-electron chi connectivity index (χ4n) is 3.22. The predicted octanol–water partition coefficient (Wildman–Crippen LogP) is 2.88. The quantitative estimate of drug-likeness (QED) is 0.357. The summed E-state index contributed by atoms with van der Waals surface area (Å²) in [7, 11) is -4.27. The summed E-state index contributed by atoms with van der Waals surface area (Å²) in [6, 6.07) is 8.05. The Morgan fingerprint density at radius 1 is 1.31 bits per heavy atom. The second-order valence-corrected chi connectivity index (χ2v) is 9.85. The Kier molecular flexibility index (Phi) is 8.26. The number of hydrogen-bond donors (Lipinski definition) is 2. The lowest BCUT2D eigenvalue weighted by Gasteiger charge is -2.24. The minimum absolute atomic E-state index is 0.123. The Morgan fingerprint density at radius 2 is 2.00 bits per heavy atom. The molecule has 2 heterocycles. The summed E-state index contributed by atoms with van der Waals surface area (Å²) in [4.78, 5) is 27.6. The van der Waals surface area contributed by atoms with Gasteiger partial charge in [0.2, 0.25) is 6.23 Å². The number of nitrogen functional groups attached to an aromatic ring is 1. The molecule has 0 bridgehead atoms. The highest BCUT2D eigenvalue weighted by molar-refractivity contribution is 7.52. The van der Waals surface area contributed by atoms with E-state index in [1.807, 2.05) is 0 Å². The number of alkyl halides is 2. The van der Waals surface area contributed by atoms with E-state index in [0.717, 1.165) is 6.20 Å². The van der Waals surface area contributed by atoms with Gasteiger partial charge >= 0.3 is 19.4 Å². The van der Waals surface area contributed by atoms with E-state index in [1.165, 1.54) is 25.1 Å². The van der Waals surface area contributed by atoms with Crippen molar-refractivity contribution in [3.8, 4) is 5.75 Å². The van der Waals surface area contributed by atoms with Gasteiger partial charge in [-0.1, -0.05) is 18.2 Å². The summed E-state index contributed by atoms with van der Waals surface area (Å²) >= 11 is 0. The van der Waals surface area contributed by atoms with Crippen LogP contribution in [0.4, 0.5) is 14.6 Å². The van der Waals surface area contributed by atoms with Crippen molar-refractivity contribution in [1.82, 2.24) is 14.6 Å². The number of ether oxygens (including phenoxy) is 2. The van der Waals surface area contributed by atoms with Crippen LogP contribution in [0.3, 0.4) is 0 Å². The van der Waals surface area contributed by atoms with Crippen LogP contribution >= 0.6 is 7.75 Å². The summed E-state index contributed by atoms with van der Waals surface area (Å²) in [5.74, 6) is -4.13. The monoisotopic (exact) mass is 516 g/mol. The van der Waals surface area contributed by atoms with Crippen LogP contribution in [0.15, 0.2) is 47.4 Å². The maximum Gasteiger partial charge on any atom is 0.459 e. The highest BCUT2D eigenvalue weighted by atomic mass is 31.2. The van der Waals surface area contributed by atoms with Gasteiger partial charge in [-0.05, 0) is 39.0 Å². The molecule has 2 aromatic rings. The lowest BCUT2D eigenvalue weighted by molar-refractivity contribution is -0.149. The molecule has 0 saturated carbocycles. The number of anilines is 1. The average molecular weight is 516 g/mol. The van der Waals surface area contributed by atoms with Crippen LogP contribution in [-0.4, -0.2) is 46.3 Å². The Morgan fingerprint density at radius 3 is 2.63 bits per heavy atom. The van der Waals surface area contributed by atoms with E-state index in [1.54, 1.807) is 32.0 Å². The van der Waals surface area contributed by atoms with E-state index >= 15 is 0 Å². The molecule has 4 unspecified atom stereocenters. The van der Waals surface area contributed by atoms with Crippen molar-refractivity contribution >= 4 is 19.5 Å². The number of rotatable bonds is 10. The number of esters is 1. The van der Waals surface area contributed by atoms with Crippen molar-refractivity contribution in [2.75, 3.05) is 12.3 Å². The minimum Gasteiger partial charge on any atom is -0.462 e. The first-order chi connectivity index (χ1) is 16.4. The Labute approximate surface area is 200 Å². The van der Waals surface area contributed by atoms with E-state index in [-0.39, 0.29) is 11.6 Å². The molecule has 3 rings (SSSR count). The molecular formula is C21H27F2N4O7P. The molecule has 1 aliphatic rings. The van der Waals surface area contributed by atoms with E-state index in [2.05, 4.69) is 10.1 Å². The summed E-state index contributed by atoms with van der Waals surface area (Å²) in [6.07, 6.45) is -3.41. The molecule has 4 atom stereocenters. The van der Waals surface area contributed by atoms with Crippen LogP contribution < -0.4 is 21.0 Å². The number of hydrogen-bond acceptors (Lipinski definition) is 9. The van der Waals surface area contributed by atoms with Crippen LogP contribution in [0, 0.1) is 0 Å². The third kappa shape index (κ3) is 7.07. The second-order valence-electron chi connectivity index (χ2n) is 8.15. The summed E-state index contributed by atoms with van der Waals surface area (Å²) in [6.45, 7) is 4.10. The number of nitrogens with one attached hydrogen (secondary N) is 1. The zero-order chi connectivity index (χ0) is 25.8. The summed E-state index contributed by atoms with van der Waals surface area (Å²) in [5, 5.41) is 2.46. The van der Waals surface area contributed by atoms with Crippen molar-refractivity contribution < 1.29 is 36.7 Å². The molecule has 1 aromatic carbocycles. The number of benzene rings is 1. The minimum atomic E-state index is -4.27. The third-order valence-corrected chi connectivity index (χ3v) is 6.39. The van der Waals surface area contributed by atoms with E-state index in [4.69, 9.17) is 24.3 Å². The van der Waals surface area contributed by atoms with Gasteiger partial charge in [0.05, 0.1) is 18.8 Å². The summed E-state index contributed by atoms with van der Waals surface area (Å²) in [5.41, 5.74) is 4.40. The van der Waals surface area contributed by atoms with Gasteiger partial charge in [0.25, 0.3) is 5.92 Å². The molecule has 192 valence electrons. The highest BCUT2D eigenvalue weighted by Crippen LogP contribution is 2.47. The largest absolute Gasteiger partial charge is 0.462 e. The maximum absolute atomic E-state index is 14.7. The van der Waals surface area contributed by atoms with Gasteiger partial charge in [-0.3, -0.25) is 13.9 Å². The van der Waals surface area contributed by atoms with Crippen LogP contribution in [-0.2, 0) is 23.4 Å². The van der Waals surface area contributed by atoms with Crippen molar-refractivity contribution in [3.05, 3.63) is 53.1 Å². The zero-order valence-electron chi connectivity index (χ0n) is 19.3. The smallest absolute Gasteiger partial charge is 0.459 e. The predicted molar refractivity (Wildman–Crippen MR) is 121 cm³/mol. The number of carbonyl (C=O) groups excluding carboxylic acids is 1. The first-order valence-corrected chi connectivity index (χ1v) is 12.3. The molecule has 3 N–H and O–H groups in total. The fraction of sp³-hybridized carbons (Fsp3) is 0.476. The van der Waals surface area contributed by atoms with Gasteiger partial charge in [0, 0.05) is 12.6 Å². The SMILES string of the molecule is CC(C)OC(=O)C(C)NP(=O)(OCC1CC(F)(F)C(n2ccc(N)nc2=O)O1)Oc1ccccc1. The molecule has 0 radical (unpaired) electrons. The van der Waals surface area contributed by atoms with Crippen molar-refractivity contribution in [3.63, 3.8) is 0 Å². The fourth-order valence-corrected chi connectivity index (χ4v) is 4.74. The van der Waals surface area contributed by atoms with Crippen LogP contribution in [0.25, 0.3) is 0 Å². The van der Waals surface area contributed by atoms with Gasteiger partial charge in [-0.15, -0.1) is 0 Å². The molecule has 0 spiro atoms. The van der Waals surface area contributed by atoms with E-state index in [0.29, 0.717) is 4.57 Å². The molecule has 1 saturated heterocycles. The van der Waals surface area contributed by atoms with Gasteiger partial charge in [0.1, 0.15) is 17.6 Å². The summed E-state index contributed by atoms with van der Waals surface area (Å²) < 4.78 is 64.7. The second kappa shape index (κ2) is 10.8. The molecule has 11 nitrogen and oxygen atoms in total. The Hall–Kier alpha value is -2.86. The molecule has 0 aliphatic carbocycles. The van der Waals surface area contributed by atoms with Crippen LogP contribution in [0.2, 0.25) is 0 Å². The van der Waals surface area contributed by atoms with Crippen molar-refractivity contribution in [1.29, 1.82) is 0 Å². The van der Waals surface area contributed by atoms with E-state index in [9.17, 15) is 22.9 Å². The molecule has 0 amide bonds. The Bertz CT molecular complexity index is 1130. The molecular weight excluding hydrogens is 489 g/mol. The average Bonchev–Trinajstić information content (AvgIpc) is 3.06. The van der Waals surface area contributed by atoms with Crippen molar-refractivity contribution in [2.24, 2.45) is 0 Å². The van der Waals surface area contributed by atoms with Gasteiger partial charge in [-0.25, -0.2) is 18.1 Å². The molecule has 1 fully saturated rings. The van der Waals surface area contributed by atoms with Gasteiger partial charge in [-0.2, -0.15) is 10.1 Å². The Balaban J connectivity index is 1.74. The maximum atomic E-state index is 14.7. The lowest BCUT2D eigenvalue weighted by atomic mass is 10.2. The highest BCUT2D eigenvalue weighted by Gasteiger charge is 2.52. The number of carbonyl (C=O) groups is 1. The first-order valence-electron chi connectivity index (χ1n) is 10.7. The van der Waals surface area contributed by atoms with Crippen LogP contribution in [0.5, 0.6) is 5.75 Å².